The van der Waals surface area contributed by atoms with Gasteiger partial charge in [0.05, 0.1) is 12.1 Å². The van der Waals surface area contributed by atoms with Crippen molar-refractivity contribution in [3.63, 3.8) is 0 Å². The first kappa shape index (κ1) is 18.0. The van der Waals surface area contributed by atoms with Crippen molar-refractivity contribution in [2.45, 2.75) is 25.1 Å². The second kappa shape index (κ2) is 8.07. The number of hydrogen-bond acceptors (Lipinski definition) is 4. The largest absolute Gasteiger partial charge is 0.392 e. The van der Waals surface area contributed by atoms with E-state index >= 15 is 0 Å². The van der Waals surface area contributed by atoms with E-state index in [2.05, 4.69) is 16.0 Å². The van der Waals surface area contributed by atoms with Crippen LogP contribution in [0.5, 0.6) is 0 Å². The molecular weight excluding hydrogens is 337 g/mol. The van der Waals surface area contributed by atoms with Crippen molar-refractivity contribution in [3.05, 3.63) is 65.5 Å². The Labute approximate surface area is 150 Å². The smallest absolute Gasteiger partial charge is 0.255 e. The highest BCUT2D eigenvalue weighted by Crippen LogP contribution is 2.13. The van der Waals surface area contributed by atoms with E-state index in [0.717, 1.165) is 5.56 Å². The van der Waals surface area contributed by atoms with Gasteiger partial charge in [-0.3, -0.25) is 9.59 Å². The summed E-state index contributed by atoms with van der Waals surface area (Å²) in [5, 5.41) is 18.0. The van der Waals surface area contributed by atoms with Crippen molar-refractivity contribution < 1.29 is 19.1 Å². The molecule has 0 radical (unpaired) electrons. The van der Waals surface area contributed by atoms with Crippen LogP contribution in [-0.2, 0) is 11.3 Å². The number of benzene rings is 2. The number of aliphatic hydroxyl groups is 1. The highest BCUT2D eigenvalue weighted by atomic mass is 19.1. The van der Waals surface area contributed by atoms with Crippen LogP contribution < -0.4 is 16.0 Å². The number of carbonyl (C=O) groups is 2. The van der Waals surface area contributed by atoms with Crippen LogP contribution in [0.4, 0.5) is 10.1 Å². The summed E-state index contributed by atoms with van der Waals surface area (Å²) >= 11 is 0. The van der Waals surface area contributed by atoms with Crippen LogP contribution in [-0.4, -0.2) is 35.6 Å². The van der Waals surface area contributed by atoms with Crippen molar-refractivity contribution in [1.82, 2.24) is 10.6 Å². The molecule has 1 fully saturated rings. The summed E-state index contributed by atoms with van der Waals surface area (Å²) in [6.07, 6.45) is -0.0877. The maximum atomic E-state index is 12.9. The second-order valence-corrected chi connectivity index (χ2v) is 6.23. The van der Waals surface area contributed by atoms with Gasteiger partial charge in [0.15, 0.2) is 0 Å². The Kier molecular flexibility index (Phi) is 5.60. The molecule has 0 bridgehead atoms. The molecule has 26 heavy (non-hydrogen) atoms. The van der Waals surface area contributed by atoms with E-state index in [9.17, 15) is 19.1 Å². The molecule has 1 saturated heterocycles. The van der Waals surface area contributed by atoms with Crippen molar-refractivity contribution in [2.24, 2.45) is 0 Å². The molecule has 0 aromatic heterocycles. The SMILES string of the molecule is O=C(Nc1cccc(CNC(=O)C2CC(O)CN2)c1)c1ccc(F)cc1. The van der Waals surface area contributed by atoms with Gasteiger partial charge in [-0.25, -0.2) is 4.39 Å². The van der Waals surface area contributed by atoms with Crippen LogP contribution in [0.2, 0.25) is 0 Å². The third kappa shape index (κ3) is 4.65. The lowest BCUT2D eigenvalue weighted by Gasteiger charge is -2.12. The van der Waals surface area contributed by atoms with Crippen LogP contribution in [0.3, 0.4) is 0 Å². The van der Waals surface area contributed by atoms with Gasteiger partial charge in [0.25, 0.3) is 5.91 Å². The van der Waals surface area contributed by atoms with Gasteiger partial charge in [0.1, 0.15) is 5.82 Å². The van der Waals surface area contributed by atoms with Gasteiger partial charge in [-0.05, 0) is 48.4 Å². The molecule has 2 amide bonds. The Morgan fingerprint density at radius 1 is 1.19 bits per heavy atom. The first-order valence-electron chi connectivity index (χ1n) is 8.36. The van der Waals surface area contributed by atoms with Crippen molar-refractivity contribution in [3.8, 4) is 0 Å². The van der Waals surface area contributed by atoms with Gasteiger partial charge in [0, 0.05) is 24.3 Å². The molecule has 0 aliphatic carbocycles. The summed E-state index contributed by atoms with van der Waals surface area (Å²) in [5.74, 6) is -0.902. The lowest BCUT2D eigenvalue weighted by atomic mass is 10.1. The maximum Gasteiger partial charge on any atom is 0.255 e. The first-order valence-corrected chi connectivity index (χ1v) is 8.36. The Balaban J connectivity index is 1.56. The summed E-state index contributed by atoms with van der Waals surface area (Å²) < 4.78 is 12.9. The topological polar surface area (TPSA) is 90.5 Å². The quantitative estimate of drug-likeness (QED) is 0.651. The number of halogens is 1. The number of anilines is 1. The van der Waals surface area contributed by atoms with E-state index in [4.69, 9.17) is 0 Å². The molecule has 1 aliphatic rings. The Hall–Kier alpha value is -2.77. The zero-order chi connectivity index (χ0) is 18.5. The molecular formula is C19H20FN3O3. The van der Waals surface area contributed by atoms with E-state index in [1.165, 1.54) is 24.3 Å². The fraction of sp³-hybridized carbons (Fsp3) is 0.263. The van der Waals surface area contributed by atoms with Crippen LogP contribution in [0.1, 0.15) is 22.3 Å². The van der Waals surface area contributed by atoms with Crippen molar-refractivity contribution >= 4 is 17.5 Å². The lowest BCUT2D eigenvalue weighted by molar-refractivity contribution is -0.123. The Bertz CT molecular complexity index is 795. The minimum atomic E-state index is -0.490. The molecule has 3 rings (SSSR count). The summed E-state index contributed by atoms with van der Waals surface area (Å²) in [7, 11) is 0. The van der Waals surface area contributed by atoms with E-state index in [1.807, 2.05) is 6.07 Å². The molecule has 1 aliphatic heterocycles. The molecule has 1 heterocycles. The highest BCUT2D eigenvalue weighted by Gasteiger charge is 2.27. The van der Waals surface area contributed by atoms with Crippen LogP contribution in [0.15, 0.2) is 48.5 Å². The zero-order valence-electron chi connectivity index (χ0n) is 14.0. The minimum absolute atomic E-state index is 0.165. The van der Waals surface area contributed by atoms with E-state index in [1.54, 1.807) is 18.2 Å². The highest BCUT2D eigenvalue weighted by molar-refractivity contribution is 6.04. The molecule has 0 saturated carbocycles. The first-order chi connectivity index (χ1) is 12.5. The van der Waals surface area contributed by atoms with Crippen LogP contribution in [0, 0.1) is 5.82 Å². The normalized spacial score (nSPS) is 19.2. The van der Waals surface area contributed by atoms with Gasteiger partial charge < -0.3 is 21.1 Å². The summed E-state index contributed by atoms with van der Waals surface area (Å²) in [5.41, 5.74) is 1.77. The van der Waals surface area contributed by atoms with Gasteiger partial charge >= 0.3 is 0 Å². The van der Waals surface area contributed by atoms with Crippen molar-refractivity contribution in [2.75, 3.05) is 11.9 Å². The molecule has 4 N–H and O–H groups in total. The van der Waals surface area contributed by atoms with E-state index in [-0.39, 0.29) is 17.9 Å². The fourth-order valence-corrected chi connectivity index (χ4v) is 2.79. The summed E-state index contributed by atoms with van der Waals surface area (Å²) in [6.45, 7) is 0.732. The number of β-amino-alcohol motifs (C(OH)–C–C–N with tert-alkyl or cyclic N) is 1. The van der Waals surface area contributed by atoms with Gasteiger partial charge in [-0.15, -0.1) is 0 Å². The number of amides is 2. The predicted molar refractivity (Wildman–Crippen MR) is 95.1 cm³/mol. The monoisotopic (exact) mass is 357 g/mol. The number of nitrogens with one attached hydrogen (secondary N) is 3. The van der Waals surface area contributed by atoms with Gasteiger partial charge in [0.2, 0.25) is 5.91 Å². The summed E-state index contributed by atoms with van der Waals surface area (Å²) in [6, 6.07) is 12.0. The van der Waals surface area contributed by atoms with Crippen LogP contribution >= 0.6 is 0 Å². The predicted octanol–water partition coefficient (Wildman–Crippen LogP) is 1.42. The second-order valence-electron chi connectivity index (χ2n) is 6.23. The number of carbonyl (C=O) groups excluding carboxylic acids is 2. The molecule has 0 spiro atoms. The Morgan fingerprint density at radius 3 is 2.65 bits per heavy atom. The maximum absolute atomic E-state index is 12.9. The molecule has 2 atom stereocenters. The molecule has 2 aromatic rings. The molecule has 136 valence electrons. The number of rotatable bonds is 5. The number of aliphatic hydroxyl groups excluding tert-OH is 1. The fourth-order valence-electron chi connectivity index (χ4n) is 2.79. The molecule has 6 nitrogen and oxygen atoms in total. The average Bonchev–Trinajstić information content (AvgIpc) is 3.07. The minimum Gasteiger partial charge on any atom is -0.392 e. The third-order valence-electron chi connectivity index (χ3n) is 4.18. The van der Waals surface area contributed by atoms with E-state index < -0.39 is 11.9 Å². The molecule has 7 heteroatoms. The average molecular weight is 357 g/mol. The van der Waals surface area contributed by atoms with Gasteiger partial charge in [-0.1, -0.05) is 12.1 Å². The lowest BCUT2D eigenvalue weighted by Crippen LogP contribution is -2.40. The van der Waals surface area contributed by atoms with Crippen molar-refractivity contribution in [1.29, 1.82) is 0 Å². The third-order valence-corrected chi connectivity index (χ3v) is 4.18. The standard InChI is InChI=1S/C19H20FN3O3/c20-14-6-4-13(5-7-14)18(25)23-15-3-1-2-12(8-15)10-22-19(26)17-9-16(24)11-21-17/h1-8,16-17,21,24H,9-11H2,(H,22,26)(H,23,25). The molecule has 2 aromatic carbocycles. The summed E-state index contributed by atoms with van der Waals surface area (Å²) in [4.78, 5) is 24.2. The van der Waals surface area contributed by atoms with Crippen LogP contribution in [0.25, 0.3) is 0 Å². The molecule has 2 unspecified atom stereocenters. The zero-order valence-corrected chi connectivity index (χ0v) is 14.0. The van der Waals surface area contributed by atoms with E-state index in [0.29, 0.717) is 30.8 Å². The Morgan fingerprint density at radius 2 is 1.96 bits per heavy atom. The van der Waals surface area contributed by atoms with Gasteiger partial charge in [-0.2, -0.15) is 0 Å². The number of hydrogen-bond donors (Lipinski definition) is 4.